The molecule has 1 N–H and O–H groups in total. The van der Waals surface area contributed by atoms with Crippen LogP contribution in [-0.2, 0) is 0 Å². The number of aryl methyl sites for hydroxylation is 4. The molecule has 0 saturated heterocycles. The maximum Gasteiger partial charge on any atom is 0.128 e. The van der Waals surface area contributed by atoms with E-state index in [9.17, 15) is 0 Å². The second-order valence-electron chi connectivity index (χ2n) is 4.98. The Morgan fingerprint density at radius 1 is 0.944 bits per heavy atom. The SMILES string of the molecule is CNC(c1cc(C)c(C)cc1C)c1occc1C. The quantitative estimate of drug-likeness (QED) is 0.886. The fourth-order valence-corrected chi connectivity index (χ4v) is 2.40. The van der Waals surface area contributed by atoms with E-state index in [1.54, 1.807) is 6.26 Å². The second-order valence-corrected chi connectivity index (χ2v) is 4.98. The van der Waals surface area contributed by atoms with Gasteiger partial charge < -0.3 is 9.73 Å². The summed E-state index contributed by atoms with van der Waals surface area (Å²) >= 11 is 0. The van der Waals surface area contributed by atoms with Gasteiger partial charge in [0.25, 0.3) is 0 Å². The molecule has 2 aromatic rings. The Balaban J connectivity index is 2.52. The second kappa shape index (κ2) is 4.99. The van der Waals surface area contributed by atoms with E-state index in [2.05, 4.69) is 45.1 Å². The van der Waals surface area contributed by atoms with Crippen molar-refractivity contribution in [1.29, 1.82) is 0 Å². The zero-order chi connectivity index (χ0) is 13.3. The van der Waals surface area contributed by atoms with E-state index < -0.39 is 0 Å². The molecule has 18 heavy (non-hydrogen) atoms. The zero-order valence-electron chi connectivity index (χ0n) is 11.8. The molecule has 0 aliphatic heterocycles. The molecule has 0 saturated carbocycles. The highest BCUT2D eigenvalue weighted by molar-refractivity contribution is 5.41. The van der Waals surface area contributed by atoms with Crippen LogP contribution in [0, 0.1) is 27.7 Å². The molecule has 0 amide bonds. The summed E-state index contributed by atoms with van der Waals surface area (Å²) in [5.74, 6) is 1.00. The minimum Gasteiger partial charge on any atom is -0.467 e. The van der Waals surface area contributed by atoms with Crippen molar-refractivity contribution < 1.29 is 4.42 Å². The van der Waals surface area contributed by atoms with Gasteiger partial charge in [0, 0.05) is 0 Å². The molecule has 1 heterocycles. The van der Waals surface area contributed by atoms with Gasteiger partial charge in [-0.05, 0) is 68.6 Å². The van der Waals surface area contributed by atoms with Gasteiger partial charge >= 0.3 is 0 Å². The lowest BCUT2D eigenvalue weighted by Gasteiger charge is -2.19. The molecule has 0 radical (unpaired) electrons. The lowest BCUT2D eigenvalue weighted by atomic mass is 9.93. The van der Waals surface area contributed by atoms with Gasteiger partial charge in [-0.2, -0.15) is 0 Å². The van der Waals surface area contributed by atoms with Crippen molar-refractivity contribution in [3.8, 4) is 0 Å². The van der Waals surface area contributed by atoms with Crippen molar-refractivity contribution in [2.45, 2.75) is 33.7 Å². The van der Waals surface area contributed by atoms with Crippen LogP contribution >= 0.6 is 0 Å². The molecule has 0 spiro atoms. The van der Waals surface area contributed by atoms with E-state index in [-0.39, 0.29) is 6.04 Å². The molecule has 0 aliphatic rings. The van der Waals surface area contributed by atoms with Crippen LogP contribution in [0.2, 0.25) is 0 Å². The minimum absolute atomic E-state index is 0.124. The summed E-state index contributed by atoms with van der Waals surface area (Å²) in [4.78, 5) is 0. The van der Waals surface area contributed by atoms with Crippen LogP contribution in [0.5, 0.6) is 0 Å². The van der Waals surface area contributed by atoms with Gasteiger partial charge in [-0.25, -0.2) is 0 Å². The molecule has 96 valence electrons. The maximum atomic E-state index is 5.63. The molecule has 1 aromatic carbocycles. The summed E-state index contributed by atoms with van der Waals surface area (Å²) in [6, 6.07) is 6.64. The van der Waals surface area contributed by atoms with Crippen LogP contribution in [-0.4, -0.2) is 7.05 Å². The van der Waals surface area contributed by atoms with E-state index in [1.165, 1.54) is 27.8 Å². The standard InChI is InChI=1S/C16H21NO/c1-10-6-7-18-16(10)15(17-5)14-9-12(3)11(2)8-13(14)4/h6-9,15,17H,1-5H3. The summed E-state index contributed by atoms with van der Waals surface area (Å²) in [5.41, 5.74) is 6.43. The number of hydrogen-bond donors (Lipinski definition) is 1. The van der Waals surface area contributed by atoms with Crippen molar-refractivity contribution in [2.75, 3.05) is 7.05 Å². The Bertz CT molecular complexity index is 554. The predicted molar refractivity (Wildman–Crippen MR) is 75.0 cm³/mol. The van der Waals surface area contributed by atoms with Crippen molar-refractivity contribution in [1.82, 2.24) is 5.32 Å². The lowest BCUT2D eigenvalue weighted by molar-refractivity contribution is 0.459. The smallest absolute Gasteiger partial charge is 0.128 e. The monoisotopic (exact) mass is 243 g/mol. The van der Waals surface area contributed by atoms with Gasteiger partial charge in [0.2, 0.25) is 0 Å². The van der Waals surface area contributed by atoms with E-state index in [4.69, 9.17) is 4.42 Å². The number of furan rings is 1. The molecule has 1 atom stereocenters. The van der Waals surface area contributed by atoms with Gasteiger partial charge in [0.05, 0.1) is 12.3 Å². The minimum atomic E-state index is 0.124. The van der Waals surface area contributed by atoms with Crippen molar-refractivity contribution in [3.05, 3.63) is 58.0 Å². The van der Waals surface area contributed by atoms with Crippen LogP contribution in [0.4, 0.5) is 0 Å². The summed E-state index contributed by atoms with van der Waals surface area (Å²) in [6.07, 6.45) is 1.76. The Morgan fingerprint density at radius 2 is 1.61 bits per heavy atom. The van der Waals surface area contributed by atoms with E-state index in [1.807, 2.05) is 13.1 Å². The van der Waals surface area contributed by atoms with Gasteiger partial charge in [-0.1, -0.05) is 12.1 Å². The first-order chi connectivity index (χ1) is 8.54. The summed E-state index contributed by atoms with van der Waals surface area (Å²) in [6.45, 7) is 8.54. The lowest BCUT2D eigenvalue weighted by Crippen LogP contribution is -2.19. The number of rotatable bonds is 3. The molecule has 0 bridgehead atoms. The van der Waals surface area contributed by atoms with Crippen LogP contribution in [0.15, 0.2) is 28.9 Å². The molecule has 2 rings (SSSR count). The fourth-order valence-electron chi connectivity index (χ4n) is 2.40. The van der Waals surface area contributed by atoms with Gasteiger partial charge in [0.15, 0.2) is 0 Å². The van der Waals surface area contributed by atoms with Crippen molar-refractivity contribution in [3.63, 3.8) is 0 Å². The summed E-state index contributed by atoms with van der Waals surface area (Å²) in [7, 11) is 1.97. The number of benzene rings is 1. The highest BCUT2D eigenvalue weighted by Gasteiger charge is 2.19. The summed E-state index contributed by atoms with van der Waals surface area (Å²) in [5, 5.41) is 3.36. The van der Waals surface area contributed by atoms with Gasteiger partial charge in [0.1, 0.15) is 5.76 Å². The predicted octanol–water partition coefficient (Wildman–Crippen LogP) is 3.82. The van der Waals surface area contributed by atoms with Crippen LogP contribution in [0.1, 0.15) is 39.6 Å². The average molecular weight is 243 g/mol. The molecule has 0 aliphatic carbocycles. The van der Waals surface area contributed by atoms with Crippen molar-refractivity contribution >= 4 is 0 Å². The van der Waals surface area contributed by atoms with Crippen LogP contribution < -0.4 is 5.32 Å². The fraction of sp³-hybridized carbons (Fsp3) is 0.375. The van der Waals surface area contributed by atoms with E-state index in [0.29, 0.717) is 0 Å². The third kappa shape index (κ3) is 2.21. The molecular weight excluding hydrogens is 222 g/mol. The average Bonchev–Trinajstić information content (AvgIpc) is 2.73. The first-order valence-electron chi connectivity index (χ1n) is 6.33. The normalized spacial score (nSPS) is 12.7. The Hall–Kier alpha value is -1.54. The molecule has 0 fully saturated rings. The highest BCUT2D eigenvalue weighted by atomic mass is 16.3. The topological polar surface area (TPSA) is 25.2 Å². The maximum absolute atomic E-state index is 5.63. The van der Waals surface area contributed by atoms with Crippen molar-refractivity contribution in [2.24, 2.45) is 0 Å². The Labute approximate surface area is 109 Å². The largest absolute Gasteiger partial charge is 0.467 e. The summed E-state index contributed by atoms with van der Waals surface area (Å²) < 4.78 is 5.63. The molecule has 2 heteroatoms. The van der Waals surface area contributed by atoms with Crippen LogP contribution in [0.25, 0.3) is 0 Å². The van der Waals surface area contributed by atoms with Gasteiger partial charge in [-0.3, -0.25) is 0 Å². The molecule has 2 nitrogen and oxygen atoms in total. The van der Waals surface area contributed by atoms with E-state index in [0.717, 1.165) is 5.76 Å². The molecular formula is C16H21NO. The first-order valence-corrected chi connectivity index (χ1v) is 6.33. The zero-order valence-corrected chi connectivity index (χ0v) is 11.8. The first kappa shape index (κ1) is 12.9. The van der Waals surface area contributed by atoms with E-state index >= 15 is 0 Å². The van der Waals surface area contributed by atoms with Gasteiger partial charge in [-0.15, -0.1) is 0 Å². The highest BCUT2D eigenvalue weighted by Crippen LogP contribution is 2.29. The van der Waals surface area contributed by atoms with Crippen LogP contribution in [0.3, 0.4) is 0 Å². The Kier molecular flexibility index (Phi) is 3.58. The third-order valence-electron chi connectivity index (χ3n) is 3.65. The Morgan fingerprint density at radius 3 is 2.17 bits per heavy atom. The number of hydrogen-bond acceptors (Lipinski definition) is 2. The molecule has 1 unspecified atom stereocenters. The number of nitrogens with one attached hydrogen (secondary N) is 1. The molecule has 1 aromatic heterocycles. The third-order valence-corrected chi connectivity index (χ3v) is 3.65.